The number of piperidine rings is 1. The minimum absolute atomic E-state index is 0.0852. The van der Waals surface area contributed by atoms with E-state index in [1.54, 1.807) is 29.2 Å². The lowest BCUT2D eigenvalue weighted by Crippen LogP contribution is -2.46. The molecule has 21 heavy (non-hydrogen) atoms. The van der Waals surface area contributed by atoms with Crippen molar-refractivity contribution in [3.05, 3.63) is 28.5 Å². The molecule has 0 aromatic carbocycles. The predicted octanol–water partition coefficient (Wildman–Crippen LogP) is 2.50. The van der Waals surface area contributed by atoms with Crippen molar-refractivity contribution >= 4 is 29.4 Å². The molecule has 1 aromatic rings. The van der Waals surface area contributed by atoms with Gasteiger partial charge in [0.15, 0.2) is 0 Å². The van der Waals surface area contributed by atoms with Crippen LogP contribution in [0.15, 0.2) is 23.6 Å². The Morgan fingerprint density at radius 1 is 1.48 bits per heavy atom. The fourth-order valence-corrected chi connectivity index (χ4v) is 2.83. The van der Waals surface area contributed by atoms with E-state index in [0.717, 1.165) is 17.7 Å². The normalized spacial score (nSPS) is 16.1. The lowest BCUT2D eigenvalue weighted by atomic mass is 10.1. The van der Waals surface area contributed by atoms with E-state index in [-0.39, 0.29) is 18.0 Å². The number of amides is 2. The molecule has 114 valence electrons. The molecule has 0 radical (unpaired) electrons. The Morgan fingerprint density at radius 3 is 2.86 bits per heavy atom. The van der Waals surface area contributed by atoms with Crippen LogP contribution < -0.4 is 5.32 Å². The molecule has 1 aliphatic heterocycles. The van der Waals surface area contributed by atoms with Crippen LogP contribution in [-0.4, -0.2) is 42.6 Å². The summed E-state index contributed by atoms with van der Waals surface area (Å²) < 4.78 is 4.97. The first-order chi connectivity index (χ1) is 10.2. The molecule has 0 aliphatic carbocycles. The molecule has 1 fully saturated rings. The number of thiophene rings is 1. The van der Waals surface area contributed by atoms with E-state index in [1.165, 1.54) is 0 Å². The van der Waals surface area contributed by atoms with Gasteiger partial charge in [-0.2, -0.15) is 0 Å². The van der Waals surface area contributed by atoms with Crippen LogP contribution in [0.5, 0.6) is 0 Å². The van der Waals surface area contributed by atoms with Crippen molar-refractivity contribution in [2.24, 2.45) is 0 Å². The smallest absolute Gasteiger partial charge is 0.409 e. The Hall–Kier alpha value is -1.82. The zero-order valence-corrected chi connectivity index (χ0v) is 12.9. The third-order valence-electron chi connectivity index (χ3n) is 3.31. The van der Waals surface area contributed by atoms with E-state index < -0.39 is 0 Å². The molecule has 2 rings (SSSR count). The van der Waals surface area contributed by atoms with Crippen molar-refractivity contribution in [3.8, 4) is 0 Å². The van der Waals surface area contributed by atoms with Gasteiger partial charge in [0.05, 0.1) is 6.61 Å². The van der Waals surface area contributed by atoms with Gasteiger partial charge in [-0.3, -0.25) is 4.79 Å². The first-order valence-electron chi connectivity index (χ1n) is 7.13. The number of rotatable bonds is 4. The number of hydrogen-bond donors (Lipinski definition) is 1. The van der Waals surface area contributed by atoms with Gasteiger partial charge in [-0.25, -0.2) is 4.79 Å². The number of ether oxygens (including phenoxy) is 1. The topological polar surface area (TPSA) is 58.6 Å². The predicted molar refractivity (Wildman–Crippen MR) is 83.1 cm³/mol. The highest BCUT2D eigenvalue weighted by Gasteiger charge is 2.23. The summed E-state index contributed by atoms with van der Waals surface area (Å²) in [7, 11) is 0. The minimum Gasteiger partial charge on any atom is -0.450 e. The summed E-state index contributed by atoms with van der Waals surface area (Å²) in [5.74, 6) is -0.0852. The van der Waals surface area contributed by atoms with Gasteiger partial charge in [0.2, 0.25) is 5.91 Å². The van der Waals surface area contributed by atoms with Crippen molar-refractivity contribution in [1.82, 2.24) is 10.2 Å². The number of carbonyl (C=O) groups is 2. The van der Waals surface area contributed by atoms with Gasteiger partial charge in [0, 0.05) is 30.1 Å². The largest absolute Gasteiger partial charge is 0.450 e. The van der Waals surface area contributed by atoms with E-state index in [4.69, 9.17) is 4.74 Å². The third kappa shape index (κ3) is 4.90. The van der Waals surface area contributed by atoms with Gasteiger partial charge in [0.1, 0.15) is 0 Å². The van der Waals surface area contributed by atoms with Crippen LogP contribution in [0.25, 0.3) is 6.08 Å². The summed E-state index contributed by atoms with van der Waals surface area (Å²) in [4.78, 5) is 26.1. The summed E-state index contributed by atoms with van der Waals surface area (Å²) in [6.45, 7) is 3.44. The van der Waals surface area contributed by atoms with Gasteiger partial charge in [0.25, 0.3) is 0 Å². The van der Waals surface area contributed by atoms with Crippen LogP contribution in [0, 0.1) is 0 Å². The van der Waals surface area contributed by atoms with E-state index in [2.05, 4.69) is 5.32 Å². The van der Waals surface area contributed by atoms with Gasteiger partial charge in [-0.1, -0.05) is 6.07 Å². The second-order valence-electron chi connectivity index (χ2n) is 4.82. The summed E-state index contributed by atoms with van der Waals surface area (Å²) in [5, 5.41) is 4.95. The lowest BCUT2D eigenvalue weighted by molar-refractivity contribution is -0.117. The molecule has 1 saturated heterocycles. The summed E-state index contributed by atoms with van der Waals surface area (Å²) in [6.07, 6.45) is 4.63. The highest BCUT2D eigenvalue weighted by molar-refractivity contribution is 7.10. The molecule has 0 spiro atoms. The Balaban J connectivity index is 1.73. The monoisotopic (exact) mass is 308 g/mol. The average molecular weight is 308 g/mol. The zero-order valence-electron chi connectivity index (χ0n) is 12.1. The average Bonchev–Trinajstić information content (AvgIpc) is 2.99. The molecule has 0 atom stereocenters. The lowest BCUT2D eigenvalue weighted by Gasteiger charge is -2.31. The number of nitrogens with one attached hydrogen (secondary N) is 1. The summed E-state index contributed by atoms with van der Waals surface area (Å²) >= 11 is 1.59. The molecule has 2 amide bonds. The zero-order chi connectivity index (χ0) is 15.1. The summed E-state index contributed by atoms with van der Waals surface area (Å²) in [6, 6.07) is 4.04. The van der Waals surface area contributed by atoms with Crippen LogP contribution >= 0.6 is 11.3 Å². The molecular formula is C15H20N2O3S. The molecule has 1 aliphatic rings. The van der Waals surface area contributed by atoms with E-state index >= 15 is 0 Å². The molecule has 0 unspecified atom stereocenters. The number of carbonyl (C=O) groups excluding carboxylic acids is 2. The quantitative estimate of drug-likeness (QED) is 0.869. The van der Waals surface area contributed by atoms with Gasteiger partial charge < -0.3 is 15.0 Å². The first kappa shape index (κ1) is 15.6. The SMILES string of the molecule is CCOC(=O)N1CCC(NC(=O)C=Cc2cccs2)CC1. The van der Waals surface area contributed by atoms with E-state index in [1.807, 2.05) is 23.6 Å². The molecule has 6 heteroatoms. The Bertz CT molecular complexity index is 491. The Kier molecular flexibility index (Phi) is 5.80. The van der Waals surface area contributed by atoms with Gasteiger partial charge in [-0.15, -0.1) is 11.3 Å². The molecule has 0 saturated carbocycles. The van der Waals surface area contributed by atoms with Crippen LogP contribution in [0.1, 0.15) is 24.6 Å². The van der Waals surface area contributed by atoms with Crippen LogP contribution in [0.3, 0.4) is 0 Å². The highest BCUT2D eigenvalue weighted by atomic mass is 32.1. The standard InChI is InChI=1S/C15H20N2O3S/c1-2-20-15(19)17-9-7-12(8-10-17)16-14(18)6-5-13-4-3-11-21-13/h3-6,11-12H,2,7-10H2,1H3,(H,16,18). The van der Waals surface area contributed by atoms with Crippen molar-refractivity contribution < 1.29 is 14.3 Å². The second-order valence-corrected chi connectivity index (χ2v) is 5.80. The molecule has 2 heterocycles. The maximum atomic E-state index is 11.8. The Morgan fingerprint density at radius 2 is 2.24 bits per heavy atom. The molecule has 5 nitrogen and oxygen atoms in total. The fraction of sp³-hybridized carbons (Fsp3) is 0.467. The highest BCUT2D eigenvalue weighted by Crippen LogP contribution is 2.12. The number of likely N-dealkylation sites (tertiary alicyclic amines) is 1. The van der Waals surface area contributed by atoms with Gasteiger partial charge >= 0.3 is 6.09 Å². The number of hydrogen-bond acceptors (Lipinski definition) is 4. The van der Waals surface area contributed by atoms with Crippen molar-refractivity contribution in [2.45, 2.75) is 25.8 Å². The second kappa shape index (κ2) is 7.83. The maximum absolute atomic E-state index is 11.8. The number of nitrogens with zero attached hydrogens (tertiary/aromatic N) is 1. The maximum Gasteiger partial charge on any atom is 0.409 e. The first-order valence-corrected chi connectivity index (χ1v) is 8.00. The summed E-state index contributed by atoms with van der Waals surface area (Å²) in [5.41, 5.74) is 0. The molecule has 0 bridgehead atoms. The molecule has 1 N–H and O–H groups in total. The minimum atomic E-state index is -0.264. The van der Waals surface area contributed by atoms with Crippen molar-refractivity contribution in [1.29, 1.82) is 0 Å². The van der Waals surface area contributed by atoms with Crippen LogP contribution in [0.4, 0.5) is 4.79 Å². The van der Waals surface area contributed by atoms with Crippen molar-refractivity contribution in [2.75, 3.05) is 19.7 Å². The van der Waals surface area contributed by atoms with Crippen molar-refractivity contribution in [3.63, 3.8) is 0 Å². The van der Waals surface area contributed by atoms with Crippen LogP contribution in [-0.2, 0) is 9.53 Å². The van der Waals surface area contributed by atoms with Crippen LogP contribution in [0.2, 0.25) is 0 Å². The fourth-order valence-electron chi connectivity index (χ4n) is 2.21. The Labute approximate surface area is 128 Å². The molecular weight excluding hydrogens is 288 g/mol. The third-order valence-corrected chi connectivity index (χ3v) is 4.15. The molecule has 1 aromatic heterocycles. The van der Waals surface area contributed by atoms with Gasteiger partial charge in [-0.05, 0) is 37.3 Å². The van der Waals surface area contributed by atoms with E-state index in [0.29, 0.717) is 19.7 Å². The van der Waals surface area contributed by atoms with E-state index in [9.17, 15) is 9.59 Å².